The van der Waals surface area contributed by atoms with Crippen molar-refractivity contribution >= 4 is 23.4 Å². The summed E-state index contributed by atoms with van der Waals surface area (Å²) in [5, 5.41) is 5.97. The van der Waals surface area contributed by atoms with E-state index in [1.54, 1.807) is 31.2 Å². The van der Waals surface area contributed by atoms with Gasteiger partial charge in [0.25, 0.3) is 5.91 Å². The quantitative estimate of drug-likeness (QED) is 0.786. The van der Waals surface area contributed by atoms with Crippen LogP contribution in [0.3, 0.4) is 0 Å². The number of rotatable bonds is 6. The largest absolute Gasteiger partial charge is 0.348 e. The molecule has 0 unspecified atom stereocenters. The van der Waals surface area contributed by atoms with Crippen LogP contribution in [0.15, 0.2) is 48.5 Å². The molecule has 0 fully saturated rings. The molecule has 0 heterocycles. The molecule has 2 N–H and O–H groups in total. The monoisotopic (exact) mass is 372 g/mol. The van der Waals surface area contributed by atoms with Gasteiger partial charge >= 0.3 is 0 Å². The van der Waals surface area contributed by atoms with Gasteiger partial charge in [0.1, 0.15) is 6.04 Å². The van der Waals surface area contributed by atoms with Gasteiger partial charge in [-0.05, 0) is 43.0 Å². The van der Waals surface area contributed by atoms with Gasteiger partial charge < -0.3 is 10.6 Å². The first kappa shape index (κ1) is 20.0. The minimum Gasteiger partial charge on any atom is -0.348 e. The topological polar surface area (TPSA) is 58.2 Å². The van der Waals surface area contributed by atoms with Crippen molar-refractivity contribution in [1.29, 1.82) is 0 Å². The second-order valence-electron chi connectivity index (χ2n) is 6.73. The molecule has 2 atom stereocenters. The molecule has 0 spiro atoms. The van der Waals surface area contributed by atoms with Gasteiger partial charge in [0.05, 0.1) is 16.6 Å². The van der Waals surface area contributed by atoms with Crippen LogP contribution in [0.1, 0.15) is 61.1 Å². The maximum Gasteiger partial charge on any atom is 0.253 e. The van der Waals surface area contributed by atoms with Crippen molar-refractivity contribution in [2.75, 3.05) is 0 Å². The lowest BCUT2D eigenvalue weighted by molar-refractivity contribution is -0.123. The Morgan fingerprint density at radius 3 is 2.00 bits per heavy atom. The van der Waals surface area contributed by atoms with E-state index in [-0.39, 0.29) is 17.9 Å². The zero-order valence-electron chi connectivity index (χ0n) is 15.5. The first-order valence-corrected chi connectivity index (χ1v) is 9.13. The van der Waals surface area contributed by atoms with Gasteiger partial charge in [0, 0.05) is 0 Å². The fourth-order valence-electron chi connectivity index (χ4n) is 2.58. The van der Waals surface area contributed by atoms with Crippen molar-refractivity contribution in [2.24, 2.45) is 0 Å². The first-order chi connectivity index (χ1) is 12.3. The predicted octanol–water partition coefficient (Wildman–Crippen LogP) is 4.46. The minimum atomic E-state index is -0.670. The smallest absolute Gasteiger partial charge is 0.253 e. The molecule has 26 heavy (non-hydrogen) atoms. The highest BCUT2D eigenvalue weighted by Crippen LogP contribution is 2.19. The van der Waals surface area contributed by atoms with Crippen LogP contribution in [-0.2, 0) is 4.79 Å². The fourth-order valence-corrected chi connectivity index (χ4v) is 2.80. The van der Waals surface area contributed by atoms with Crippen molar-refractivity contribution in [2.45, 2.75) is 45.7 Å². The van der Waals surface area contributed by atoms with E-state index in [4.69, 9.17) is 11.6 Å². The highest BCUT2D eigenvalue weighted by atomic mass is 35.5. The molecule has 0 radical (unpaired) electrons. The van der Waals surface area contributed by atoms with Crippen LogP contribution in [0.2, 0.25) is 5.02 Å². The standard InChI is InChI=1S/C21H25ClN2O2/c1-13(2)16-9-11-17(12-10-16)14(3)23-20(25)15(4)24-21(26)18-7-5-6-8-19(18)22/h5-15H,1-4H3,(H,23,25)(H,24,26)/t14-,15+/m1/s1. The summed E-state index contributed by atoms with van der Waals surface area (Å²) in [4.78, 5) is 24.7. The number of hydrogen-bond donors (Lipinski definition) is 2. The van der Waals surface area contributed by atoms with Gasteiger partial charge in [0.2, 0.25) is 5.91 Å². The minimum absolute atomic E-state index is 0.150. The molecule has 0 aliphatic carbocycles. The number of hydrogen-bond acceptors (Lipinski definition) is 2. The maximum absolute atomic E-state index is 12.4. The van der Waals surface area contributed by atoms with Gasteiger partial charge in [-0.15, -0.1) is 0 Å². The van der Waals surface area contributed by atoms with E-state index in [1.165, 1.54) is 5.56 Å². The number of carbonyl (C=O) groups is 2. The van der Waals surface area contributed by atoms with Crippen molar-refractivity contribution in [3.8, 4) is 0 Å². The van der Waals surface area contributed by atoms with E-state index >= 15 is 0 Å². The zero-order valence-corrected chi connectivity index (χ0v) is 16.3. The third-order valence-corrected chi connectivity index (χ3v) is 4.65. The average Bonchev–Trinajstić information content (AvgIpc) is 2.61. The second kappa shape index (κ2) is 8.86. The molecule has 0 saturated carbocycles. The zero-order chi connectivity index (χ0) is 19.3. The van der Waals surface area contributed by atoms with Crippen LogP contribution in [0.5, 0.6) is 0 Å². The molecule has 0 aliphatic heterocycles. The van der Waals surface area contributed by atoms with E-state index in [2.05, 4.69) is 36.6 Å². The van der Waals surface area contributed by atoms with Crippen LogP contribution in [0, 0.1) is 0 Å². The summed E-state index contributed by atoms with van der Waals surface area (Å²) < 4.78 is 0. The summed E-state index contributed by atoms with van der Waals surface area (Å²) in [6.45, 7) is 7.86. The molecule has 0 saturated heterocycles. The van der Waals surface area contributed by atoms with E-state index in [9.17, 15) is 9.59 Å². The molecule has 0 aromatic heterocycles. The molecule has 2 aromatic carbocycles. The Morgan fingerprint density at radius 2 is 1.42 bits per heavy atom. The van der Waals surface area contributed by atoms with Gasteiger partial charge in [-0.3, -0.25) is 9.59 Å². The van der Waals surface area contributed by atoms with Crippen LogP contribution in [0.4, 0.5) is 0 Å². The Balaban J connectivity index is 1.95. The summed E-state index contributed by atoms with van der Waals surface area (Å²) >= 11 is 6.02. The Morgan fingerprint density at radius 1 is 0.846 bits per heavy atom. The highest BCUT2D eigenvalue weighted by molar-refractivity contribution is 6.33. The predicted molar refractivity (Wildman–Crippen MR) is 105 cm³/mol. The van der Waals surface area contributed by atoms with E-state index in [0.717, 1.165) is 5.56 Å². The Hall–Kier alpha value is -2.33. The molecular formula is C21H25ClN2O2. The van der Waals surface area contributed by atoms with Crippen LogP contribution in [-0.4, -0.2) is 17.9 Å². The number of benzene rings is 2. The molecule has 4 nitrogen and oxygen atoms in total. The summed E-state index contributed by atoms with van der Waals surface area (Å²) in [7, 11) is 0. The van der Waals surface area contributed by atoms with Crippen molar-refractivity contribution in [3.63, 3.8) is 0 Å². The first-order valence-electron chi connectivity index (χ1n) is 8.75. The molecule has 2 amide bonds. The normalized spacial score (nSPS) is 13.2. The van der Waals surface area contributed by atoms with Gasteiger partial charge in [0.15, 0.2) is 0 Å². The Labute approximate surface area is 159 Å². The van der Waals surface area contributed by atoms with Crippen molar-refractivity contribution in [1.82, 2.24) is 10.6 Å². The van der Waals surface area contributed by atoms with Gasteiger partial charge in [-0.1, -0.05) is 61.8 Å². The summed E-state index contributed by atoms with van der Waals surface area (Å²) in [5.41, 5.74) is 2.63. The molecule has 138 valence electrons. The third kappa shape index (κ3) is 5.09. The highest BCUT2D eigenvalue weighted by Gasteiger charge is 2.20. The van der Waals surface area contributed by atoms with Crippen molar-refractivity contribution < 1.29 is 9.59 Å². The third-order valence-electron chi connectivity index (χ3n) is 4.32. The summed E-state index contributed by atoms with van der Waals surface area (Å²) in [6, 6.07) is 14.1. The summed E-state index contributed by atoms with van der Waals surface area (Å²) in [6.07, 6.45) is 0. The molecule has 0 bridgehead atoms. The lowest BCUT2D eigenvalue weighted by Crippen LogP contribution is -2.45. The van der Waals surface area contributed by atoms with E-state index < -0.39 is 6.04 Å². The molecular weight excluding hydrogens is 348 g/mol. The maximum atomic E-state index is 12.4. The average molecular weight is 373 g/mol. The van der Waals surface area contributed by atoms with Gasteiger partial charge in [-0.2, -0.15) is 0 Å². The molecule has 5 heteroatoms. The number of amides is 2. The Kier molecular flexibility index (Phi) is 6.81. The number of carbonyl (C=O) groups excluding carboxylic acids is 2. The number of nitrogens with one attached hydrogen (secondary N) is 2. The van der Waals surface area contributed by atoms with E-state index in [0.29, 0.717) is 16.5 Å². The Bertz CT molecular complexity index is 772. The van der Waals surface area contributed by atoms with Crippen LogP contribution < -0.4 is 10.6 Å². The lowest BCUT2D eigenvalue weighted by Gasteiger charge is -2.19. The molecule has 0 aliphatic rings. The van der Waals surface area contributed by atoms with E-state index in [1.807, 2.05) is 19.1 Å². The SMILES string of the molecule is CC(C)c1ccc([C@@H](C)NC(=O)[C@H](C)NC(=O)c2ccccc2Cl)cc1. The number of halogens is 1. The van der Waals surface area contributed by atoms with Gasteiger partial charge in [-0.25, -0.2) is 0 Å². The molecule has 2 aromatic rings. The fraction of sp³-hybridized carbons (Fsp3) is 0.333. The lowest BCUT2D eigenvalue weighted by atomic mass is 9.99. The second-order valence-corrected chi connectivity index (χ2v) is 7.13. The molecule has 2 rings (SSSR count). The summed E-state index contributed by atoms with van der Waals surface area (Å²) in [5.74, 6) is -0.146. The van der Waals surface area contributed by atoms with Crippen LogP contribution >= 0.6 is 11.6 Å². The van der Waals surface area contributed by atoms with Crippen molar-refractivity contribution in [3.05, 3.63) is 70.2 Å². The van der Waals surface area contributed by atoms with Crippen LogP contribution in [0.25, 0.3) is 0 Å².